The number of hydrogen-bond donors (Lipinski definition) is 2. The van der Waals surface area contributed by atoms with E-state index in [1.165, 1.54) is 24.3 Å². The van der Waals surface area contributed by atoms with Crippen LogP contribution in [0.4, 0.5) is 20.2 Å². The Kier molecular flexibility index (Phi) is 8.54. The van der Waals surface area contributed by atoms with E-state index >= 15 is 0 Å². The molecule has 0 atom stereocenters. The first-order valence-electron chi connectivity index (χ1n) is 9.16. The van der Waals surface area contributed by atoms with Gasteiger partial charge in [-0.3, -0.25) is 4.72 Å². The van der Waals surface area contributed by atoms with E-state index in [1.807, 2.05) is 6.92 Å². The summed E-state index contributed by atoms with van der Waals surface area (Å²) >= 11 is 5.90. The van der Waals surface area contributed by atoms with E-state index < -0.39 is 16.6 Å². The van der Waals surface area contributed by atoms with E-state index in [2.05, 4.69) is 19.7 Å². The molecule has 6 nitrogen and oxygen atoms in total. The monoisotopic (exact) mass is 481 g/mol. The van der Waals surface area contributed by atoms with Gasteiger partial charge in [0.25, 0.3) is 10.0 Å². The highest BCUT2D eigenvalue weighted by atomic mass is 35.5. The number of piperazine rings is 1. The van der Waals surface area contributed by atoms with Crippen molar-refractivity contribution in [3.8, 4) is 5.75 Å². The standard InChI is InChI=1S/C19H22ClF2N3O3S.ClH/c1-2-13-3-5-15(12-17(13)25-9-7-23-8-10-25)29(26,27)24-16-11-14(20)4-6-18(16)28-19(21)22;/h3-6,11-12,19,23-24H,2,7-10H2,1H3;1H. The zero-order valence-electron chi connectivity index (χ0n) is 16.2. The van der Waals surface area contributed by atoms with Crippen molar-refractivity contribution in [1.82, 2.24) is 5.32 Å². The Morgan fingerprint density at radius 3 is 2.53 bits per heavy atom. The molecule has 2 N–H and O–H groups in total. The lowest BCUT2D eigenvalue weighted by molar-refractivity contribution is -0.0493. The molecule has 3 rings (SSSR count). The fourth-order valence-corrected chi connectivity index (χ4v) is 4.45. The third-order valence-corrected chi connectivity index (χ3v) is 6.21. The molecule has 2 aromatic rings. The molecule has 1 aliphatic heterocycles. The number of anilines is 2. The lowest BCUT2D eigenvalue weighted by atomic mass is 10.1. The van der Waals surface area contributed by atoms with Gasteiger partial charge in [-0.05, 0) is 42.3 Å². The Morgan fingerprint density at radius 1 is 1.20 bits per heavy atom. The summed E-state index contributed by atoms with van der Waals surface area (Å²) in [6.07, 6.45) is 0.758. The van der Waals surface area contributed by atoms with E-state index in [-0.39, 0.29) is 33.8 Å². The second-order valence-corrected chi connectivity index (χ2v) is 8.62. The minimum Gasteiger partial charge on any atom is -0.433 e. The van der Waals surface area contributed by atoms with Crippen LogP contribution in [0, 0.1) is 0 Å². The van der Waals surface area contributed by atoms with Gasteiger partial charge in [0.2, 0.25) is 0 Å². The van der Waals surface area contributed by atoms with Crippen molar-refractivity contribution in [2.45, 2.75) is 24.9 Å². The molecule has 0 amide bonds. The number of ether oxygens (including phenoxy) is 1. The third kappa shape index (κ3) is 5.87. The molecule has 1 saturated heterocycles. The van der Waals surface area contributed by atoms with E-state index in [0.29, 0.717) is 0 Å². The average Bonchev–Trinajstić information content (AvgIpc) is 2.69. The fraction of sp³-hybridized carbons (Fsp3) is 0.368. The summed E-state index contributed by atoms with van der Waals surface area (Å²) in [6.45, 7) is 2.08. The molecule has 0 spiro atoms. The van der Waals surface area contributed by atoms with Crippen molar-refractivity contribution in [3.63, 3.8) is 0 Å². The molecule has 2 aromatic carbocycles. The normalized spacial score (nSPS) is 14.4. The quantitative estimate of drug-likeness (QED) is 0.621. The van der Waals surface area contributed by atoms with Crippen molar-refractivity contribution in [2.75, 3.05) is 35.8 Å². The Balaban J connectivity index is 0.00000320. The molecule has 0 unspecified atom stereocenters. The van der Waals surface area contributed by atoms with Crippen LogP contribution in [-0.2, 0) is 16.4 Å². The molecular formula is C19H23Cl2F2N3O3S. The number of nitrogens with zero attached hydrogens (tertiary/aromatic N) is 1. The van der Waals surface area contributed by atoms with Gasteiger partial charge in [-0.25, -0.2) is 8.42 Å². The number of halogens is 4. The Bertz CT molecular complexity index is 971. The molecule has 0 bridgehead atoms. The summed E-state index contributed by atoms with van der Waals surface area (Å²) in [6, 6.07) is 8.67. The highest BCUT2D eigenvalue weighted by Gasteiger charge is 2.22. The van der Waals surface area contributed by atoms with E-state index in [0.717, 1.165) is 43.9 Å². The minimum absolute atomic E-state index is 0. The van der Waals surface area contributed by atoms with Gasteiger partial charge in [0.05, 0.1) is 10.6 Å². The van der Waals surface area contributed by atoms with Crippen molar-refractivity contribution >= 4 is 45.4 Å². The predicted octanol–water partition coefficient (Wildman–Crippen LogP) is 4.14. The number of hydrogen-bond acceptors (Lipinski definition) is 5. The first-order chi connectivity index (χ1) is 13.8. The number of sulfonamides is 1. The molecule has 166 valence electrons. The van der Waals surface area contributed by atoms with Crippen molar-refractivity contribution in [2.24, 2.45) is 0 Å². The van der Waals surface area contributed by atoms with Gasteiger partial charge < -0.3 is 15.0 Å². The number of nitrogens with one attached hydrogen (secondary N) is 2. The highest BCUT2D eigenvalue weighted by molar-refractivity contribution is 7.92. The summed E-state index contributed by atoms with van der Waals surface area (Å²) in [5.74, 6) is -0.305. The van der Waals surface area contributed by atoms with Crippen LogP contribution < -0.4 is 19.7 Å². The first kappa shape index (κ1) is 24.5. The van der Waals surface area contributed by atoms with Crippen LogP contribution in [0.5, 0.6) is 5.75 Å². The zero-order chi connectivity index (χ0) is 21.0. The van der Waals surface area contributed by atoms with Crippen LogP contribution in [0.1, 0.15) is 12.5 Å². The Labute approximate surface area is 186 Å². The molecule has 1 heterocycles. The topological polar surface area (TPSA) is 70.7 Å². The highest BCUT2D eigenvalue weighted by Crippen LogP contribution is 2.32. The van der Waals surface area contributed by atoms with Gasteiger partial charge in [0, 0.05) is 36.9 Å². The molecule has 0 aromatic heterocycles. The third-order valence-electron chi connectivity index (χ3n) is 4.61. The maximum absolute atomic E-state index is 13.0. The number of alkyl halides is 2. The lowest BCUT2D eigenvalue weighted by Crippen LogP contribution is -2.44. The SMILES string of the molecule is CCc1ccc(S(=O)(=O)Nc2cc(Cl)ccc2OC(F)F)cc1N1CCNCC1.Cl. The maximum atomic E-state index is 13.0. The van der Waals surface area contributed by atoms with E-state index in [1.54, 1.807) is 12.1 Å². The largest absolute Gasteiger partial charge is 0.433 e. The summed E-state index contributed by atoms with van der Waals surface area (Å²) in [5.41, 5.74) is 1.74. The van der Waals surface area contributed by atoms with Crippen LogP contribution in [-0.4, -0.2) is 41.2 Å². The molecular weight excluding hydrogens is 459 g/mol. The van der Waals surface area contributed by atoms with Gasteiger partial charge in [-0.2, -0.15) is 8.78 Å². The average molecular weight is 482 g/mol. The zero-order valence-corrected chi connectivity index (χ0v) is 18.6. The fourth-order valence-electron chi connectivity index (χ4n) is 3.19. The van der Waals surface area contributed by atoms with Crippen molar-refractivity contribution < 1.29 is 21.9 Å². The maximum Gasteiger partial charge on any atom is 0.387 e. The van der Waals surface area contributed by atoms with Crippen LogP contribution in [0.15, 0.2) is 41.3 Å². The lowest BCUT2D eigenvalue weighted by Gasteiger charge is -2.31. The molecule has 1 aliphatic rings. The Hall–Kier alpha value is -1.81. The first-order valence-corrected chi connectivity index (χ1v) is 11.0. The van der Waals surface area contributed by atoms with E-state index in [4.69, 9.17) is 11.6 Å². The minimum atomic E-state index is -4.05. The van der Waals surface area contributed by atoms with Crippen molar-refractivity contribution in [1.29, 1.82) is 0 Å². The van der Waals surface area contributed by atoms with Crippen LogP contribution in [0.3, 0.4) is 0 Å². The van der Waals surface area contributed by atoms with Crippen LogP contribution in [0.25, 0.3) is 0 Å². The van der Waals surface area contributed by atoms with Crippen LogP contribution >= 0.6 is 24.0 Å². The van der Waals surface area contributed by atoms with E-state index in [9.17, 15) is 17.2 Å². The van der Waals surface area contributed by atoms with Crippen LogP contribution in [0.2, 0.25) is 5.02 Å². The molecule has 0 aliphatic carbocycles. The second kappa shape index (κ2) is 10.5. The summed E-state index contributed by atoms with van der Waals surface area (Å²) < 4.78 is 57.9. The second-order valence-electron chi connectivity index (χ2n) is 6.51. The van der Waals surface area contributed by atoms with Gasteiger partial charge in [0.1, 0.15) is 5.75 Å². The van der Waals surface area contributed by atoms with Gasteiger partial charge in [0.15, 0.2) is 0 Å². The van der Waals surface area contributed by atoms with Gasteiger partial charge in [-0.1, -0.05) is 24.6 Å². The Morgan fingerprint density at radius 2 is 1.90 bits per heavy atom. The molecule has 11 heteroatoms. The van der Waals surface area contributed by atoms with Gasteiger partial charge >= 0.3 is 6.61 Å². The summed E-state index contributed by atoms with van der Waals surface area (Å²) in [7, 11) is -4.05. The molecule has 1 fully saturated rings. The number of aryl methyl sites for hydroxylation is 1. The smallest absolute Gasteiger partial charge is 0.387 e. The molecule has 30 heavy (non-hydrogen) atoms. The number of benzene rings is 2. The molecule has 0 saturated carbocycles. The molecule has 0 radical (unpaired) electrons. The number of rotatable bonds is 7. The predicted molar refractivity (Wildman–Crippen MR) is 117 cm³/mol. The van der Waals surface area contributed by atoms with Crippen molar-refractivity contribution in [3.05, 3.63) is 47.0 Å². The summed E-state index contributed by atoms with van der Waals surface area (Å²) in [5, 5.41) is 3.45. The van der Waals surface area contributed by atoms with Gasteiger partial charge in [-0.15, -0.1) is 12.4 Å². The summed E-state index contributed by atoms with van der Waals surface area (Å²) in [4.78, 5) is 2.17.